The number of hydrogen-bond acceptors (Lipinski definition) is 2. The third-order valence-electron chi connectivity index (χ3n) is 4.50. The van der Waals surface area contributed by atoms with Crippen LogP contribution < -0.4 is 4.90 Å². The van der Waals surface area contributed by atoms with Crippen molar-refractivity contribution in [1.82, 2.24) is 4.98 Å². The number of pyridine rings is 1. The minimum atomic E-state index is -4.47. The lowest BCUT2D eigenvalue weighted by atomic mass is 9.88. The Labute approximate surface area is 130 Å². The van der Waals surface area contributed by atoms with E-state index in [4.69, 9.17) is 0 Å². The lowest BCUT2D eigenvalue weighted by Gasteiger charge is -2.29. The third-order valence-corrected chi connectivity index (χ3v) is 4.50. The zero-order valence-corrected chi connectivity index (χ0v) is 12.2. The number of carbonyl (C=O) groups excluding carboxylic acids is 1. The molecule has 0 fully saturated rings. The van der Waals surface area contributed by atoms with Gasteiger partial charge >= 0.3 is 6.18 Å². The molecule has 0 aliphatic carbocycles. The van der Waals surface area contributed by atoms with E-state index in [1.807, 2.05) is 0 Å². The lowest BCUT2D eigenvalue weighted by molar-refractivity contribution is -0.138. The van der Waals surface area contributed by atoms with Crippen LogP contribution in [0.5, 0.6) is 0 Å². The van der Waals surface area contributed by atoms with Crippen LogP contribution in [0.15, 0.2) is 30.6 Å². The molecule has 0 bridgehead atoms. The number of benzene rings is 1. The molecule has 3 nitrogen and oxygen atoms in total. The average molecular weight is 318 g/mol. The second kappa shape index (κ2) is 4.81. The Hall–Kier alpha value is -2.37. The first kappa shape index (κ1) is 14.2. The molecule has 0 saturated heterocycles. The number of anilines is 1. The summed E-state index contributed by atoms with van der Waals surface area (Å²) in [6.45, 7) is 0.467. The van der Waals surface area contributed by atoms with Crippen molar-refractivity contribution in [3.8, 4) is 11.1 Å². The minimum absolute atomic E-state index is 0.0847. The molecule has 2 aromatic rings. The molecule has 1 amide bonds. The molecule has 6 heteroatoms. The fourth-order valence-electron chi connectivity index (χ4n) is 3.59. The summed E-state index contributed by atoms with van der Waals surface area (Å²) in [5, 5.41) is 0. The van der Waals surface area contributed by atoms with E-state index in [0.29, 0.717) is 24.2 Å². The van der Waals surface area contributed by atoms with Crippen molar-refractivity contribution in [2.45, 2.75) is 25.4 Å². The maximum absolute atomic E-state index is 13.8. The van der Waals surface area contributed by atoms with Crippen LogP contribution in [0.25, 0.3) is 11.1 Å². The Morgan fingerprint density at radius 3 is 2.70 bits per heavy atom. The van der Waals surface area contributed by atoms with Gasteiger partial charge in [-0.05, 0) is 41.7 Å². The standard InChI is InChI=1S/C17H13F3N2O/c18-17(19,20)15-12-3-4-14(23)22-7-5-10(16(12)22)8-13(15)11-2-1-6-21-9-11/h1-2,6,8-9H,3-5,7H2. The van der Waals surface area contributed by atoms with Crippen LogP contribution in [0.3, 0.4) is 0 Å². The van der Waals surface area contributed by atoms with Gasteiger partial charge in [-0.25, -0.2) is 0 Å². The highest BCUT2D eigenvalue weighted by Crippen LogP contribution is 2.48. The second-order valence-corrected chi connectivity index (χ2v) is 5.82. The number of alkyl halides is 3. The highest BCUT2D eigenvalue weighted by Gasteiger charge is 2.42. The Morgan fingerprint density at radius 2 is 2.00 bits per heavy atom. The Morgan fingerprint density at radius 1 is 1.17 bits per heavy atom. The summed E-state index contributed by atoms with van der Waals surface area (Å²) in [5.74, 6) is -0.0847. The Kier molecular flexibility index (Phi) is 2.98. The van der Waals surface area contributed by atoms with Crippen LogP contribution in [-0.2, 0) is 23.8 Å². The maximum atomic E-state index is 13.8. The number of amides is 1. The third kappa shape index (κ3) is 2.12. The number of carbonyl (C=O) groups is 1. The van der Waals surface area contributed by atoms with Gasteiger partial charge < -0.3 is 4.90 Å². The van der Waals surface area contributed by atoms with Gasteiger partial charge in [-0.15, -0.1) is 0 Å². The van der Waals surface area contributed by atoms with E-state index in [1.54, 1.807) is 18.2 Å². The highest BCUT2D eigenvalue weighted by atomic mass is 19.4. The molecule has 2 aliphatic heterocycles. The zero-order chi connectivity index (χ0) is 16.2. The first-order valence-corrected chi connectivity index (χ1v) is 7.43. The molecule has 0 spiro atoms. The van der Waals surface area contributed by atoms with Crippen LogP contribution in [0.2, 0.25) is 0 Å². The topological polar surface area (TPSA) is 33.2 Å². The van der Waals surface area contributed by atoms with Crippen LogP contribution in [0.4, 0.5) is 18.9 Å². The lowest BCUT2D eigenvalue weighted by Crippen LogP contribution is -2.34. The van der Waals surface area contributed by atoms with Crippen molar-refractivity contribution in [3.05, 3.63) is 47.3 Å². The Balaban J connectivity index is 2.04. The quantitative estimate of drug-likeness (QED) is 0.805. The molecule has 4 rings (SSSR count). The smallest absolute Gasteiger partial charge is 0.312 e. The molecule has 0 atom stereocenters. The molecule has 3 heterocycles. The predicted molar refractivity (Wildman–Crippen MR) is 79.1 cm³/mol. The minimum Gasteiger partial charge on any atom is -0.312 e. The summed E-state index contributed by atoms with van der Waals surface area (Å²) in [5.41, 5.74) is 1.56. The van der Waals surface area contributed by atoms with Gasteiger partial charge in [-0.3, -0.25) is 9.78 Å². The summed E-state index contributed by atoms with van der Waals surface area (Å²) < 4.78 is 41.3. The van der Waals surface area contributed by atoms with Crippen LogP contribution >= 0.6 is 0 Å². The normalized spacial score (nSPS) is 16.7. The number of hydrogen-bond donors (Lipinski definition) is 0. The second-order valence-electron chi connectivity index (χ2n) is 5.82. The highest BCUT2D eigenvalue weighted by molar-refractivity contribution is 6.00. The van der Waals surface area contributed by atoms with Crippen molar-refractivity contribution in [2.24, 2.45) is 0 Å². The zero-order valence-electron chi connectivity index (χ0n) is 12.2. The largest absolute Gasteiger partial charge is 0.417 e. The van der Waals surface area contributed by atoms with Crippen LogP contribution in [0, 0.1) is 0 Å². The van der Waals surface area contributed by atoms with E-state index >= 15 is 0 Å². The number of halogens is 3. The summed E-state index contributed by atoms with van der Waals surface area (Å²) in [6.07, 6.45) is -0.616. The number of aromatic nitrogens is 1. The van der Waals surface area contributed by atoms with Crippen LogP contribution in [0.1, 0.15) is 23.1 Å². The summed E-state index contributed by atoms with van der Waals surface area (Å²) >= 11 is 0. The van der Waals surface area contributed by atoms with Gasteiger partial charge in [0.2, 0.25) is 5.91 Å². The van der Waals surface area contributed by atoms with E-state index in [-0.39, 0.29) is 29.9 Å². The van der Waals surface area contributed by atoms with Gasteiger partial charge in [0.25, 0.3) is 0 Å². The summed E-state index contributed by atoms with van der Waals surface area (Å²) in [7, 11) is 0. The van der Waals surface area contributed by atoms with E-state index in [0.717, 1.165) is 5.56 Å². The fraction of sp³-hybridized carbons (Fsp3) is 0.294. The summed E-state index contributed by atoms with van der Waals surface area (Å²) in [6, 6.07) is 4.85. The molecular formula is C17H13F3N2O. The average Bonchev–Trinajstić information content (AvgIpc) is 2.95. The van der Waals surface area contributed by atoms with Gasteiger partial charge in [0.05, 0.1) is 11.3 Å². The first-order chi connectivity index (χ1) is 11.0. The molecule has 23 heavy (non-hydrogen) atoms. The van der Waals surface area contributed by atoms with Crippen molar-refractivity contribution < 1.29 is 18.0 Å². The van der Waals surface area contributed by atoms with E-state index in [2.05, 4.69) is 4.98 Å². The molecule has 0 unspecified atom stereocenters. The van der Waals surface area contributed by atoms with Crippen molar-refractivity contribution in [2.75, 3.05) is 11.4 Å². The van der Waals surface area contributed by atoms with Crippen molar-refractivity contribution in [3.63, 3.8) is 0 Å². The molecule has 1 aromatic carbocycles. The number of nitrogens with zero attached hydrogens (tertiary/aromatic N) is 2. The molecule has 118 valence electrons. The fourth-order valence-corrected chi connectivity index (χ4v) is 3.59. The van der Waals surface area contributed by atoms with Gasteiger partial charge in [0, 0.05) is 30.9 Å². The van der Waals surface area contributed by atoms with E-state index in [1.165, 1.54) is 17.3 Å². The molecular weight excluding hydrogens is 305 g/mol. The molecule has 0 N–H and O–H groups in total. The number of rotatable bonds is 1. The maximum Gasteiger partial charge on any atom is 0.417 e. The van der Waals surface area contributed by atoms with Crippen molar-refractivity contribution >= 4 is 11.6 Å². The van der Waals surface area contributed by atoms with Crippen LogP contribution in [-0.4, -0.2) is 17.4 Å². The monoisotopic (exact) mass is 318 g/mol. The molecule has 2 aliphatic rings. The van der Waals surface area contributed by atoms with E-state index < -0.39 is 11.7 Å². The molecule has 0 saturated carbocycles. The van der Waals surface area contributed by atoms with Crippen molar-refractivity contribution in [1.29, 1.82) is 0 Å². The van der Waals surface area contributed by atoms with Gasteiger partial charge in [-0.2, -0.15) is 13.2 Å². The molecule has 0 radical (unpaired) electrons. The van der Waals surface area contributed by atoms with Gasteiger partial charge in [-0.1, -0.05) is 6.07 Å². The van der Waals surface area contributed by atoms with Gasteiger partial charge in [0.1, 0.15) is 0 Å². The van der Waals surface area contributed by atoms with Gasteiger partial charge in [0.15, 0.2) is 0 Å². The summed E-state index contributed by atoms with van der Waals surface area (Å²) in [4.78, 5) is 17.4. The first-order valence-electron chi connectivity index (χ1n) is 7.43. The predicted octanol–water partition coefficient (Wildman–Crippen LogP) is 3.60. The Bertz CT molecular complexity index is 800. The SMILES string of the molecule is O=C1CCc2c3c(cc(-c4cccnc4)c2C(F)(F)F)CCN13. The molecule has 1 aromatic heterocycles. The van der Waals surface area contributed by atoms with E-state index in [9.17, 15) is 18.0 Å².